The summed E-state index contributed by atoms with van der Waals surface area (Å²) >= 11 is 0. The number of unbranched alkanes of at least 4 members (excludes halogenated alkanes) is 1. The molecule has 33 valence electrons. The fourth-order valence-corrected chi connectivity index (χ4v) is 0.204. The van der Waals surface area contributed by atoms with E-state index >= 15 is 0 Å². The first-order valence-electron chi connectivity index (χ1n) is 2.12. The van der Waals surface area contributed by atoms with E-state index in [1.165, 1.54) is 12.8 Å². The predicted molar refractivity (Wildman–Crippen MR) is 29.7 cm³/mol. The zero-order valence-electron chi connectivity index (χ0n) is 4.70. The van der Waals surface area contributed by atoms with Gasteiger partial charge < -0.3 is 5.73 Å². The second-order valence-electron chi connectivity index (χ2n) is 1.14. The van der Waals surface area contributed by atoms with Crippen molar-refractivity contribution in [1.82, 2.24) is 0 Å². The summed E-state index contributed by atoms with van der Waals surface area (Å²) in [4.78, 5) is 0. The zero-order chi connectivity index (χ0) is 4.12. The third-order valence-electron chi connectivity index (χ3n) is 0.558. The van der Waals surface area contributed by atoms with Gasteiger partial charge in [-0.05, 0) is 13.0 Å². The van der Waals surface area contributed by atoms with Crippen molar-refractivity contribution in [1.29, 1.82) is 0 Å². The largest absolute Gasteiger partial charge is 0.330 e. The Kier molecular flexibility index (Phi) is 14.8. The minimum Gasteiger partial charge on any atom is -0.330 e. The number of hydrogen-bond donors (Lipinski definition) is 1. The summed E-state index contributed by atoms with van der Waals surface area (Å²) in [5.41, 5.74) is 5.14. The normalized spacial score (nSPS) is 7.00. The summed E-state index contributed by atoms with van der Waals surface area (Å²) in [5, 5.41) is 0. The van der Waals surface area contributed by atoms with E-state index in [0.29, 0.717) is 0 Å². The third kappa shape index (κ3) is 8.82. The minimum absolute atomic E-state index is 0. The van der Waals surface area contributed by atoms with Crippen LogP contribution >= 0.6 is 0 Å². The van der Waals surface area contributed by atoms with E-state index in [1.54, 1.807) is 0 Å². The van der Waals surface area contributed by atoms with Gasteiger partial charge in [0.25, 0.3) is 0 Å². The Balaban J connectivity index is 0. The van der Waals surface area contributed by atoms with Crippen LogP contribution in [0.4, 0.5) is 0 Å². The molecule has 0 aliphatic heterocycles. The van der Waals surface area contributed by atoms with Gasteiger partial charge in [-0.1, -0.05) is 13.3 Å². The molecule has 1 nitrogen and oxygen atoms in total. The Morgan fingerprint density at radius 2 is 2.00 bits per heavy atom. The maximum Gasteiger partial charge on any atom is 0 e. The summed E-state index contributed by atoms with van der Waals surface area (Å²) in [5.74, 6) is 0. The monoisotopic (exact) mass is 80.1 g/mol. The topological polar surface area (TPSA) is 26.0 Å². The van der Waals surface area contributed by atoms with E-state index in [0.717, 1.165) is 6.54 Å². The van der Waals surface area contributed by atoms with Crippen LogP contribution in [0.2, 0.25) is 0 Å². The van der Waals surface area contributed by atoms with Crippen LogP contribution in [-0.4, -0.2) is 25.4 Å². The van der Waals surface area contributed by atoms with Crippen molar-refractivity contribution in [2.24, 2.45) is 5.73 Å². The van der Waals surface area contributed by atoms with E-state index in [1.807, 2.05) is 0 Å². The standard InChI is InChI=1S/C4H11N.Li/c1-2-3-4-5;/h2-5H2,1H3;. The first kappa shape index (κ1) is 9.75. The third-order valence-corrected chi connectivity index (χ3v) is 0.558. The predicted octanol–water partition coefficient (Wildman–Crippen LogP) is 0.364. The molecule has 0 aromatic rings. The Morgan fingerprint density at radius 1 is 1.50 bits per heavy atom. The molecule has 0 amide bonds. The van der Waals surface area contributed by atoms with Crippen molar-refractivity contribution in [2.45, 2.75) is 19.8 Å². The van der Waals surface area contributed by atoms with E-state index < -0.39 is 0 Å². The van der Waals surface area contributed by atoms with Crippen molar-refractivity contribution >= 4 is 18.9 Å². The van der Waals surface area contributed by atoms with E-state index in [9.17, 15) is 0 Å². The van der Waals surface area contributed by atoms with E-state index in [-0.39, 0.29) is 18.9 Å². The first-order chi connectivity index (χ1) is 2.41. The molecule has 0 aliphatic carbocycles. The van der Waals surface area contributed by atoms with Crippen LogP contribution in [0, 0.1) is 0 Å². The number of nitrogens with two attached hydrogens (primary N) is 1. The summed E-state index contributed by atoms with van der Waals surface area (Å²) in [7, 11) is 0. The van der Waals surface area contributed by atoms with E-state index in [2.05, 4.69) is 6.92 Å². The van der Waals surface area contributed by atoms with Crippen molar-refractivity contribution < 1.29 is 0 Å². The second kappa shape index (κ2) is 9.12. The molecule has 0 heterocycles. The molecule has 0 fully saturated rings. The summed E-state index contributed by atoms with van der Waals surface area (Å²) in [6, 6.07) is 0. The average Bonchev–Trinajstić information content (AvgIpc) is 1.41. The molecular formula is C4H11LiN. The first-order valence-corrected chi connectivity index (χ1v) is 2.12. The van der Waals surface area contributed by atoms with Gasteiger partial charge in [-0.2, -0.15) is 0 Å². The second-order valence-corrected chi connectivity index (χ2v) is 1.14. The maximum absolute atomic E-state index is 5.14. The molecule has 6 heavy (non-hydrogen) atoms. The van der Waals surface area contributed by atoms with Gasteiger partial charge in [0.1, 0.15) is 0 Å². The molecule has 0 saturated heterocycles. The summed E-state index contributed by atoms with van der Waals surface area (Å²) in [6.45, 7) is 2.98. The van der Waals surface area contributed by atoms with Crippen molar-refractivity contribution in [2.75, 3.05) is 6.54 Å². The molecule has 2 heteroatoms. The van der Waals surface area contributed by atoms with Gasteiger partial charge in [0.15, 0.2) is 0 Å². The van der Waals surface area contributed by atoms with Crippen molar-refractivity contribution in [3.8, 4) is 0 Å². The van der Waals surface area contributed by atoms with Crippen LogP contribution in [0.5, 0.6) is 0 Å². The fraction of sp³-hybridized carbons (Fsp3) is 1.00. The van der Waals surface area contributed by atoms with Crippen LogP contribution < -0.4 is 5.73 Å². The molecular weight excluding hydrogens is 69.0 g/mol. The molecule has 0 aromatic heterocycles. The molecule has 0 rings (SSSR count). The van der Waals surface area contributed by atoms with Gasteiger partial charge >= 0.3 is 0 Å². The number of rotatable bonds is 2. The van der Waals surface area contributed by atoms with Gasteiger partial charge in [-0.15, -0.1) is 0 Å². The molecule has 0 aromatic carbocycles. The number of hydrogen-bond acceptors (Lipinski definition) is 1. The molecule has 0 atom stereocenters. The van der Waals surface area contributed by atoms with Crippen LogP contribution in [0.25, 0.3) is 0 Å². The zero-order valence-corrected chi connectivity index (χ0v) is 4.70. The van der Waals surface area contributed by atoms with Crippen molar-refractivity contribution in [3.63, 3.8) is 0 Å². The Morgan fingerprint density at radius 3 is 2.00 bits per heavy atom. The molecule has 0 aliphatic rings. The van der Waals surface area contributed by atoms with Crippen LogP contribution in [0.15, 0.2) is 0 Å². The molecule has 0 spiro atoms. The Bertz CT molecular complexity index is 15.0. The van der Waals surface area contributed by atoms with Gasteiger partial charge in [-0.3, -0.25) is 0 Å². The van der Waals surface area contributed by atoms with E-state index in [4.69, 9.17) is 5.73 Å². The van der Waals surface area contributed by atoms with Crippen LogP contribution in [0.1, 0.15) is 19.8 Å². The molecule has 1 radical (unpaired) electrons. The SMILES string of the molecule is CCCCN.[Li]. The van der Waals surface area contributed by atoms with Crippen LogP contribution in [0.3, 0.4) is 0 Å². The van der Waals surface area contributed by atoms with Gasteiger partial charge in [-0.25, -0.2) is 0 Å². The molecule has 2 N–H and O–H groups in total. The average molecular weight is 80.1 g/mol. The molecule has 0 unspecified atom stereocenters. The maximum atomic E-state index is 5.14. The molecule has 0 bridgehead atoms. The minimum atomic E-state index is 0. The summed E-state index contributed by atoms with van der Waals surface area (Å²) < 4.78 is 0. The molecule has 0 saturated carbocycles. The van der Waals surface area contributed by atoms with Gasteiger partial charge in [0, 0.05) is 18.9 Å². The van der Waals surface area contributed by atoms with Crippen LogP contribution in [-0.2, 0) is 0 Å². The summed E-state index contributed by atoms with van der Waals surface area (Å²) in [6.07, 6.45) is 2.39. The van der Waals surface area contributed by atoms with Gasteiger partial charge in [0.2, 0.25) is 0 Å². The Hall–Kier alpha value is 0.557. The smallest absolute Gasteiger partial charge is 0 e. The van der Waals surface area contributed by atoms with Gasteiger partial charge in [0.05, 0.1) is 0 Å². The Labute approximate surface area is 51.5 Å². The fourth-order valence-electron chi connectivity index (χ4n) is 0.204. The quantitative estimate of drug-likeness (QED) is 0.476. The van der Waals surface area contributed by atoms with Crippen molar-refractivity contribution in [3.05, 3.63) is 0 Å².